The number of sulfonamides is 1. The predicted octanol–water partition coefficient (Wildman–Crippen LogP) is 0.320. The van der Waals surface area contributed by atoms with Crippen molar-refractivity contribution in [3.05, 3.63) is 24.3 Å². The molecule has 7 nitrogen and oxygen atoms in total. The van der Waals surface area contributed by atoms with Crippen LogP contribution in [-0.2, 0) is 19.6 Å². The molecule has 0 bridgehead atoms. The molecule has 0 unspecified atom stereocenters. The molecule has 0 heterocycles. The average molecular weight is 338 g/mol. The summed E-state index contributed by atoms with van der Waals surface area (Å²) in [5.74, 6) is -0.240. The van der Waals surface area contributed by atoms with E-state index in [2.05, 4.69) is 10.0 Å². The number of nitrogens with two attached hydrogens (primary N) is 1. The summed E-state index contributed by atoms with van der Waals surface area (Å²) in [6, 6.07) is 6.02. The molecule has 0 radical (unpaired) electrons. The van der Waals surface area contributed by atoms with Crippen molar-refractivity contribution in [1.82, 2.24) is 4.72 Å². The quantitative estimate of drug-likeness (QED) is 0.632. The summed E-state index contributed by atoms with van der Waals surface area (Å²) < 4.78 is 31.0. The fourth-order valence-electron chi connectivity index (χ4n) is 1.44. The van der Waals surface area contributed by atoms with Gasteiger partial charge in [0.15, 0.2) is 0 Å². The Morgan fingerprint density at radius 3 is 2.71 bits per heavy atom. The molecule has 0 saturated heterocycles. The Bertz CT molecular complexity index is 551. The molecular weight excluding hydrogens is 318 g/mol. The molecule has 0 atom stereocenters. The van der Waals surface area contributed by atoms with Crippen LogP contribution in [-0.4, -0.2) is 41.1 Å². The standard InChI is InChI=1S/C12H19N3O4S.ClH/c1-19-8-5-12(16)15-10-3-2-4-11(9-10)20(17,18)14-7-6-13;/h2-4,9,14H,5-8,13H2,1H3,(H,15,16);1H. The molecule has 1 rings (SSSR count). The van der Waals surface area contributed by atoms with Gasteiger partial charge in [-0.1, -0.05) is 6.07 Å². The van der Waals surface area contributed by atoms with Crippen LogP contribution in [0.5, 0.6) is 0 Å². The van der Waals surface area contributed by atoms with Gasteiger partial charge in [0.2, 0.25) is 15.9 Å². The van der Waals surface area contributed by atoms with Gasteiger partial charge in [0.25, 0.3) is 0 Å². The van der Waals surface area contributed by atoms with Gasteiger partial charge >= 0.3 is 0 Å². The number of anilines is 1. The Labute approximate surface area is 130 Å². The molecule has 1 amide bonds. The molecule has 0 aliphatic heterocycles. The third kappa shape index (κ3) is 6.87. The molecule has 0 fully saturated rings. The second-order valence-corrected chi connectivity index (χ2v) is 5.77. The van der Waals surface area contributed by atoms with Crippen LogP contribution in [0, 0.1) is 0 Å². The Hall–Kier alpha value is -1.19. The van der Waals surface area contributed by atoms with Crippen LogP contribution in [0.2, 0.25) is 0 Å². The number of amides is 1. The number of carbonyl (C=O) groups excluding carboxylic acids is 1. The molecule has 21 heavy (non-hydrogen) atoms. The van der Waals surface area contributed by atoms with Crippen molar-refractivity contribution in [2.24, 2.45) is 5.73 Å². The van der Waals surface area contributed by atoms with E-state index in [1.165, 1.54) is 19.2 Å². The highest BCUT2D eigenvalue weighted by Gasteiger charge is 2.13. The zero-order valence-electron chi connectivity index (χ0n) is 11.7. The van der Waals surface area contributed by atoms with E-state index < -0.39 is 10.0 Å². The molecule has 0 aromatic heterocycles. The van der Waals surface area contributed by atoms with Gasteiger partial charge in [-0.05, 0) is 18.2 Å². The van der Waals surface area contributed by atoms with E-state index in [4.69, 9.17) is 10.5 Å². The zero-order chi connectivity index (χ0) is 15.0. The topological polar surface area (TPSA) is 111 Å². The number of ether oxygens (including phenoxy) is 1. The van der Waals surface area contributed by atoms with E-state index in [-0.39, 0.29) is 42.7 Å². The van der Waals surface area contributed by atoms with Gasteiger partial charge in [0, 0.05) is 25.9 Å². The highest BCUT2D eigenvalue weighted by Crippen LogP contribution is 2.15. The molecule has 1 aromatic carbocycles. The minimum atomic E-state index is -3.60. The van der Waals surface area contributed by atoms with Crippen molar-refractivity contribution in [2.75, 3.05) is 32.1 Å². The van der Waals surface area contributed by atoms with Crippen LogP contribution in [0.25, 0.3) is 0 Å². The lowest BCUT2D eigenvalue weighted by atomic mass is 10.3. The van der Waals surface area contributed by atoms with Crippen molar-refractivity contribution in [3.8, 4) is 0 Å². The highest BCUT2D eigenvalue weighted by atomic mass is 35.5. The van der Waals surface area contributed by atoms with Gasteiger partial charge in [-0.2, -0.15) is 0 Å². The van der Waals surface area contributed by atoms with Gasteiger partial charge in [-0.25, -0.2) is 13.1 Å². The summed E-state index contributed by atoms with van der Waals surface area (Å²) in [6.07, 6.45) is 0.207. The molecule has 4 N–H and O–H groups in total. The third-order valence-electron chi connectivity index (χ3n) is 2.40. The summed E-state index contributed by atoms with van der Waals surface area (Å²) in [6.45, 7) is 0.682. The number of hydrogen-bond donors (Lipinski definition) is 3. The van der Waals surface area contributed by atoms with Gasteiger partial charge < -0.3 is 15.8 Å². The highest BCUT2D eigenvalue weighted by molar-refractivity contribution is 7.89. The monoisotopic (exact) mass is 337 g/mol. The maximum atomic E-state index is 11.9. The average Bonchev–Trinajstić information content (AvgIpc) is 2.43. The Kier molecular flexibility index (Phi) is 9.14. The summed E-state index contributed by atoms with van der Waals surface area (Å²) in [7, 11) is -2.10. The van der Waals surface area contributed by atoms with Gasteiger partial charge in [-0.3, -0.25) is 4.79 Å². The lowest BCUT2D eigenvalue weighted by molar-refractivity contribution is -0.117. The van der Waals surface area contributed by atoms with Crippen molar-refractivity contribution in [3.63, 3.8) is 0 Å². The second kappa shape index (κ2) is 9.69. The SMILES string of the molecule is COCCC(=O)Nc1cccc(S(=O)(=O)NCCN)c1.Cl. The van der Waals surface area contributed by atoms with E-state index in [0.717, 1.165) is 0 Å². The lowest BCUT2D eigenvalue weighted by Gasteiger charge is -2.09. The second-order valence-electron chi connectivity index (χ2n) is 4.01. The zero-order valence-corrected chi connectivity index (χ0v) is 13.3. The van der Waals surface area contributed by atoms with Gasteiger partial charge in [0.1, 0.15) is 0 Å². The smallest absolute Gasteiger partial charge is 0.240 e. The number of halogens is 1. The van der Waals surface area contributed by atoms with Crippen LogP contribution in [0.1, 0.15) is 6.42 Å². The largest absolute Gasteiger partial charge is 0.384 e. The van der Waals surface area contributed by atoms with E-state index in [1.54, 1.807) is 12.1 Å². The molecule has 1 aromatic rings. The van der Waals surface area contributed by atoms with E-state index in [0.29, 0.717) is 12.3 Å². The summed E-state index contributed by atoms with van der Waals surface area (Å²) in [5, 5.41) is 2.61. The summed E-state index contributed by atoms with van der Waals surface area (Å²) in [5.41, 5.74) is 5.68. The number of hydrogen-bond acceptors (Lipinski definition) is 5. The lowest BCUT2D eigenvalue weighted by Crippen LogP contribution is -2.29. The van der Waals surface area contributed by atoms with E-state index >= 15 is 0 Å². The Morgan fingerprint density at radius 1 is 1.38 bits per heavy atom. The molecule has 0 saturated carbocycles. The molecular formula is C12H20ClN3O4S. The van der Waals surface area contributed by atoms with E-state index in [9.17, 15) is 13.2 Å². The third-order valence-corrected chi connectivity index (χ3v) is 3.86. The minimum Gasteiger partial charge on any atom is -0.384 e. The van der Waals surface area contributed by atoms with Crippen molar-refractivity contribution < 1.29 is 17.9 Å². The fraction of sp³-hybridized carbons (Fsp3) is 0.417. The van der Waals surface area contributed by atoms with Crippen LogP contribution in [0.15, 0.2) is 29.2 Å². The molecule has 0 spiro atoms. The first kappa shape index (κ1) is 19.8. The van der Waals surface area contributed by atoms with Gasteiger partial charge in [0.05, 0.1) is 17.9 Å². The fourth-order valence-corrected chi connectivity index (χ4v) is 2.53. The summed E-state index contributed by atoms with van der Waals surface area (Å²) >= 11 is 0. The van der Waals surface area contributed by atoms with Crippen molar-refractivity contribution in [1.29, 1.82) is 0 Å². The van der Waals surface area contributed by atoms with Crippen LogP contribution < -0.4 is 15.8 Å². The number of rotatable bonds is 8. The first-order valence-corrected chi connectivity index (χ1v) is 7.56. The molecule has 0 aliphatic carbocycles. The maximum absolute atomic E-state index is 11.9. The van der Waals surface area contributed by atoms with Gasteiger partial charge in [-0.15, -0.1) is 12.4 Å². The van der Waals surface area contributed by atoms with E-state index in [1.807, 2.05) is 0 Å². The number of benzene rings is 1. The molecule has 9 heteroatoms. The van der Waals surface area contributed by atoms with Crippen LogP contribution in [0.4, 0.5) is 5.69 Å². The van der Waals surface area contributed by atoms with Crippen molar-refractivity contribution in [2.45, 2.75) is 11.3 Å². The number of methoxy groups -OCH3 is 1. The maximum Gasteiger partial charge on any atom is 0.240 e. The van der Waals surface area contributed by atoms with Crippen molar-refractivity contribution >= 4 is 34.0 Å². The number of carbonyl (C=O) groups is 1. The normalized spacial score (nSPS) is 10.8. The molecule has 0 aliphatic rings. The Balaban J connectivity index is 0.00000400. The molecule has 120 valence electrons. The first-order valence-electron chi connectivity index (χ1n) is 6.08. The summed E-state index contributed by atoms with van der Waals surface area (Å²) in [4.78, 5) is 11.6. The first-order chi connectivity index (χ1) is 9.49. The Morgan fingerprint density at radius 2 is 2.10 bits per heavy atom. The van der Waals surface area contributed by atoms with Crippen LogP contribution in [0.3, 0.4) is 0 Å². The predicted molar refractivity (Wildman–Crippen MR) is 83.1 cm³/mol. The number of nitrogens with one attached hydrogen (secondary N) is 2. The minimum absolute atomic E-state index is 0. The van der Waals surface area contributed by atoms with Crippen LogP contribution >= 0.6 is 12.4 Å².